The number of nitrogens with one attached hydrogen (secondary N) is 2. The monoisotopic (exact) mass is 446 g/mol. The number of aromatic amines is 1. The van der Waals surface area contributed by atoms with Crippen LogP contribution in [0.2, 0.25) is 0 Å². The molecule has 0 fully saturated rings. The molecule has 4 aromatic rings. The zero-order valence-corrected chi connectivity index (χ0v) is 18.5. The number of aryl methyl sites for hydroxylation is 1. The maximum Gasteiger partial charge on any atom is 0.229 e. The van der Waals surface area contributed by atoms with Gasteiger partial charge in [0.1, 0.15) is 5.82 Å². The van der Waals surface area contributed by atoms with E-state index in [0.717, 1.165) is 22.3 Å². The second-order valence-corrected chi connectivity index (χ2v) is 9.60. The first-order valence-electron chi connectivity index (χ1n) is 9.85. The first-order chi connectivity index (χ1) is 15.3. The van der Waals surface area contributed by atoms with E-state index < -0.39 is 9.84 Å². The molecule has 0 saturated heterocycles. The lowest BCUT2D eigenvalue weighted by molar-refractivity contribution is 0.601. The minimum absolute atomic E-state index is 0.0328. The van der Waals surface area contributed by atoms with E-state index in [1.807, 2.05) is 36.1 Å². The second kappa shape index (κ2) is 8.69. The summed E-state index contributed by atoms with van der Waals surface area (Å²) in [5, 5.41) is 11.5. The van der Waals surface area contributed by atoms with E-state index in [1.54, 1.807) is 30.5 Å². The van der Waals surface area contributed by atoms with Crippen LogP contribution in [-0.2, 0) is 15.6 Å². The zero-order valence-electron chi connectivity index (χ0n) is 17.7. The average Bonchev–Trinajstić information content (AvgIpc) is 3.11. The van der Waals surface area contributed by atoms with E-state index in [2.05, 4.69) is 31.4 Å². The quantitative estimate of drug-likeness (QED) is 0.417. The molecule has 0 radical (unpaired) electrons. The Hall–Kier alpha value is -3.90. The molecule has 0 aliphatic carbocycles. The summed E-state index contributed by atoms with van der Waals surface area (Å²) in [4.78, 5) is 10.8. The normalized spacial score (nSPS) is 11.3. The van der Waals surface area contributed by atoms with Crippen molar-refractivity contribution in [1.82, 2.24) is 20.2 Å². The number of aromatic nitrogens is 4. The Morgan fingerprint density at radius 3 is 2.81 bits per heavy atom. The van der Waals surface area contributed by atoms with Gasteiger partial charge in [-0.3, -0.25) is 5.10 Å². The molecule has 2 heterocycles. The fourth-order valence-electron chi connectivity index (χ4n) is 3.44. The van der Waals surface area contributed by atoms with E-state index in [9.17, 15) is 8.42 Å². The van der Waals surface area contributed by atoms with Gasteiger partial charge in [-0.1, -0.05) is 18.1 Å². The molecule has 0 spiro atoms. The molecule has 0 amide bonds. The molecule has 9 heteroatoms. The van der Waals surface area contributed by atoms with Gasteiger partial charge in [-0.25, -0.2) is 13.4 Å². The highest BCUT2D eigenvalue weighted by atomic mass is 32.2. The lowest BCUT2D eigenvalue weighted by Gasteiger charge is -2.22. The van der Waals surface area contributed by atoms with Gasteiger partial charge in [0.05, 0.1) is 23.5 Å². The van der Waals surface area contributed by atoms with E-state index >= 15 is 0 Å². The molecule has 8 nitrogen and oxygen atoms in total. The first-order valence-corrected chi connectivity index (χ1v) is 11.9. The number of H-pyrrole nitrogens is 1. The number of terminal acetylenes is 1. The van der Waals surface area contributed by atoms with Crippen LogP contribution >= 0.6 is 0 Å². The van der Waals surface area contributed by atoms with Crippen molar-refractivity contribution < 1.29 is 8.42 Å². The van der Waals surface area contributed by atoms with Gasteiger partial charge in [0.15, 0.2) is 9.84 Å². The standard InChI is InChI=1S/C23H22N6O2S/c1-4-12-29(19-8-9-20-16(2)27-28-21(20)14-19)22-10-11-24-23(26-22)25-18-7-5-6-17(13-18)15-32(3,30)31/h1,5-11,13-14H,12,15H2,2-3H3,(H,27,28)(H,24,25,26). The van der Waals surface area contributed by atoms with Crippen molar-refractivity contribution in [1.29, 1.82) is 0 Å². The molecular weight excluding hydrogens is 424 g/mol. The van der Waals surface area contributed by atoms with E-state index in [4.69, 9.17) is 6.42 Å². The summed E-state index contributed by atoms with van der Waals surface area (Å²) >= 11 is 0. The van der Waals surface area contributed by atoms with Gasteiger partial charge in [-0.05, 0) is 48.9 Å². The van der Waals surface area contributed by atoms with Gasteiger partial charge in [0.2, 0.25) is 5.95 Å². The lowest BCUT2D eigenvalue weighted by atomic mass is 10.2. The zero-order chi connectivity index (χ0) is 22.7. The third-order valence-electron chi connectivity index (χ3n) is 4.83. The van der Waals surface area contributed by atoms with Crippen LogP contribution in [0.4, 0.5) is 23.1 Å². The summed E-state index contributed by atoms with van der Waals surface area (Å²) in [5.74, 6) is 3.65. The summed E-state index contributed by atoms with van der Waals surface area (Å²) in [6.07, 6.45) is 8.49. The number of benzene rings is 2. The number of nitrogens with zero attached hydrogens (tertiary/aromatic N) is 4. The van der Waals surface area contributed by atoms with Crippen LogP contribution < -0.4 is 10.2 Å². The van der Waals surface area contributed by atoms with E-state index in [1.165, 1.54) is 6.26 Å². The molecule has 32 heavy (non-hydrogen) atoms. The molecule has 2 N–H and O–H groups in total. The molecular formula is C23H22N6O2S. The Kier molecular flexibility index (Phi) is 5.79. The summed E-state index contributed by atoms with van der Waals surface area (Å²) in [6.45, 7) is 2.27. The van der Waals surface area contributed by atoms with Gasteiger partial charge in [0, 0.05) is 29.2 Å². The van der Waals surface area contributed by atoms with Crippen molar-refractivity contribution in [2.75, 3.05) is 23.0 Å². The topological polar surface area (TPSA) is 104 Å². The summed E-state index contributed by atoms with van der Waals surface area (Å²) < 4.78 is 23.2. The van der Waals surface area contributed by atoms with Crippen molar-refractivity contribution >= 4 is 43.9 Å². The Morgan fingerprint density at radius 1 is 1.19 bits per heavy atom. The highest BCUT2D eigenvalue weighted by molar-refractivity contribution is 7.89. The highest BCUT2D eigenvalue weighted by Crippen LogP contribution is 2.28. The van der Waals surface area contributed by atoms with Crippen molar-refractivity contribution in [3.8, 4) is 12.3 Å². The highest BCUT2D eigenvalue weighted by Gasteiger charge is 2.13. The van der Waals surface area contributed by atoms with Gasteiger partial charge in [-0.2, -0.15) is 10.1 Å². The third kappa shape index (κ3) is 4.87. The Labute approximate surface area is 186 Å². The minimum atomic E-state index is -3.13. The van der Waals surface area contributed by atoms with Gasteiger partial charge in [0.25, 0.3) is 0 Å². The SMILES string of the molecule is C#CCN(c1ccc2c(C)n[nH]c2c1)c1ccnc(Nc2cccc(CS(C)(=O)=O)c2)n1. The molecule has 0 bridgehead atoms. The summed E-state index contributed by atoms with van der Waals surface area (Å²) in [7, 11) is -3.13. The van der Waals surface area contributed by atoms with Crippen molar-refractivity contribution in [2.24, 2.45) is 0 Å². The van der Waals surface area contributed by atoms with Gasteiger partial charge < -0.3 is 10.2 Å². The Morgan fingerprint density at radius 2 is 2.03 bits per heavy atom. The summed E-state index contributed by atoms with van der Waals surface area (Å²) in [6, 6.07) is 14.9. The van der Waals surface area contributed by atoms with Crippen LogP contribution in [0.25, 0.3) is 10.9 Å². The number of rotatable bonds is 7. The predicted molar refractivity (Wildman–Crippen MR) is 127 cm³/mol. The van der Waals surface area contributed by atoms with E-state index in [0.29, 0.717) is 29.6 Å². The van der Waals surface area contributed by atoms with Crippen LogP contribution in [0.15, 0.2) is 54.7 Å². The van der Waals surface area contributed by atoms with Crippen molar-refractivity contribution in [3.63, 3.8) is 0 Å². The van der Waals surface area contributed by atoms with E-state index in [-0.39, 0.29) is 5.75 Å². The van der Waals surface area contributed by atoms with Crippen LogP contribution in [0.1, 0.15) is 11.3 Å². The largest absolute Gasteiger partial charge is 0.324 e. The first kappa shape index (κ1) is 21.3. The maximum atomic E-state index is 11.6. The van der Waals surface area contributed by atoms with Crippen LogP contribution in [0, 0.1) is 19.3 Å². The van der Waals surface area contributed by atoms with Gasteiger partial charge >= 0.3 is 0 Å². The molecule has 0 unspecified atom stereocenters. The molecule has 0 aliphatic rings. The fourth-order valence-corrected chi connectivity index (χ4v) is 4.22. The molecule has 0 atom stereocenters. The second-order valence-electron chi connectivity index (χ2n) is 7.46. The number of hydrogen-bond acceptors (Lipinski definition) is 7. The number of anilines is 4. The molecule has 4 rings (SSSR count). The Bertz CT molecular complexity index is 1420. The van der Waals surface area contributed by atoms with Crippen molar-refractivity contribution in [2.45, 2.75) is 12.7 Å². The third-order valence-corrected chi connectivity index (χ3v) is 5.69. The number of fused-ring (bicyclic) bond motifs is 1. The summed E-state index contributed by atoms with van der Waals surface area (Å²) in [5.41, 5.74) is 4.10. The Balaban J connectivity index is 1.63. The molecule has 0 aliphatic heterocycles. The molecule has 162 valence electrons. The van der Waals surface area contributed by atoms with Gasteiger partial charge in [-0.15, -0.1) is 6.42 Å². The number of hydrogen-bond donors (Lipinski definition) is 2. The van der Waals surface area contributed by atoms with Crippen LogP contribution in [0.5, 0.6) is 0 Å². The van der Waals surface area contributed by atoms with Crippen LogP contribution in [0.3, 0.4) is 0 Å². The minimum Gasteiger partial charge on any atom is -0.324 e. The number of sulfone groups is 1. The lowest BCUT2D eigenvalue weighted by Crippen LogP contribution is -2.19. The van der Waals surface area contributed by atoms with Crippen LogP contribution in [-0.4, -0.2) is 41.4 Å². The average molecular weight is 447 g/mol. The maximum absolute atomic E-state index is 11.6. The smallest absolute Gasteiger partial charge is 0.229 e. The molecule has 2 aromatic heterocycles. The molecule has 0 saturated carbocycles. The van der Waals surface area contributed by atoms with Crippen molar-refractivity contribution in [3.05, 3.63) is 66.0 Å². The fraction of sp³-hybridized carbons (Fsp3) is 0.174. The molecule has 2 aromatic carbocycles. The predicted octanol–water partition coefficient (Wildman–Crippen LogP) is 3.72.